The van der Waals surface area contributed by atoms with Crippen LogP contribution >= 0.6 is 11.3 Å². The van der Waals surface area contributed by atoms with Gasteiger partial charge in [-0.15, -0.1) is 11.3 Å². The summed E-state index contributed by atoms with van der Waals surface area (Å²) in [5, 5.41) is 14.8. The Bertz CT molecular complexity index is 2560. The van der Waals surface area contributed by atoms with E-state index in [1.807, 2.05) is 42.5 Å². The van der Waals surface area contributed by atoms with Crippen molar-refractivity contribution in [1.29, 1.82) is 0 Å². The normalized spacial score (nSPS) is 12.8. The first kappa shape index (κ1) is 34.1. The van der Waals surface area contributed by atoms with Gasteiger partial charge in [-0.25, -0.2) is 9.97 Å². The molecule has 4 aromatic heterocycles. The number of hydrogen-bond donors (Lipinski definition) is 1. The minimum atomic E-state index is -1.62. The van der Waals surface area contributed by atoms with Crippen LogP contribution in [0.15, 0.2) is 101 Å². The molecule has 0 unspecified atom stereocenters. The van der Waals surface area contributed by atoms with Gasteiger partial charge in [0.2, 0.25) is 11.8 Å². The topological polar surface area (TPSA) is 68.4 Å². The van der Waals surface area contributed by atoms with Crippen molar-refractivity contribution in [2.24, 2.45) is 0 Å². The number of aromatic hydroxyl groups is 1. The molecule has 8 aromatic rings. The van der Waals surface area contributed by atoms with E-state index in [0.717, 1.165) is 44.7 Å². The van der Waals surface area contributed by atoms with Crippen LogP contribution in [0.3, 0.4) is 0 Å². The molecule has 4 heterocycles. The molecule has 0 spiro atoms. The average molecular weight is 721 g/mol. The molecule has 0 bridgehead atoms. The van der Waals surface area contributed by atoms with Gasteiger partial charge in [0.1, 0.15) is 16.9 Å². The van der Waals surface area contributed by atoms with Gasteiger partial charge in [-0.3, -0.25) is 0 Å². The molecule has 0 aliphatic rings. The average Bonchev–Trinajstić information content (AvgIpc) is 3.66. The number of phenolic OH excluding ortho intramolecular Hbond substituents is 1. The van der Waals surface area contributed by atoms with Gasteiger partial charge >= 0.3 is 0 Å². The molecule has 0 aliphatic heterocycles. The number of thiophene rings is 1. The molecular weight excluding hydrogens is 677 g/mol. The maximum atomic E-state index is 11.3. The summed E-state index contributed by atoms with van der Waals surface area (Å²) in [5.41, 5.74) is 8.31. The van der Waals surface area contributed by atoms with Gasteiger partial charge in [0, 0.05) is 42.4 Å². The van der Waals surface area contributed by atoms with Gasteiger partial charge in [0.05, 0.1) is 19.5 Å². The molecule has 0 fully saturated rings. The number of aromatic nitrogens is 2. The van der Waals surface area contributed by atoms with Crippen LogP contribution in [-0.4, -0.2) is 23.1 Å². The summed E-state index contributed by atoms with van der Waals surface area (Å²) < 4.78 is 15.8. The molecule has 0 atom stereocenters. The van der Waals surface area contributed by atoms with Gasteiger partial charge in [0.25, 0.3) is 0 Å². The van der Waals surface area contributed by atoms with Crippen molar-refractivity contribution in [3.8, 4) is 51.2 Å². The summed E-state index contributed by atoms with van der Waals surface area (Å²) in [5.74, 6) is 1.17. The van der Waals surface area contributed by atoms with E-state index >= 15 is 0 Å². The number of nitrogens with zero attached hydrogens (tertiary/aromatic N) is 2. The van der Waals surface area contributed by atoms with Crippen molar-refractivity contribution in [2.75, 3.05) is 0 Å². The first-order valence-corrected chi connectivity index (χ1v) is 22.2. The number of rotatable bonds is 6. The third kappa shape index (κ3) is 5.96. The highest BCUT2D eigenvalue weighted by molar-refractivity contribution is 7.26. The Labute approximate surface area is 310 Å². The summed E-state index contributed by atoms with van der Waals surface area (Å²) in [4.78, 5) is 10.5. The molecule has 4 aromatic carbocycles. The van der Waals surface area contributed by atoms with E-state index in [1.54, 1.807) is 11.3 Å². The Kier molecular flexibility index (Phi) is 7.90. The third-order valence-electron chi connectivity index (χ3n) is 9.90. The standard InChI is InChI=1S/C45H44N2O3SSi/c1-44(2,3)30-20-21-32(29-19-18-28(24-34(29)48)52(7,8)9)46-42(30)50-43-39(26-14-11-10-12-15-26)31(45(4,5)6)25-33(47-43)27-22-36-41-38(23-27)51-37-17-13-16-35(49-36)40(37)41/h10-25,48H,1-9H3. The first-order chi connectivity index (χ1) is 24.6. The Morgan fingerprint density at radius 1 is 0.635 bits per heavy atom. The molecule has 0 amide bonds. The van der Waals surface area contributed by atoms with Crippen molar-refractivity contribution in [2.45, 2.75) is 72.0 Å². The van der Waals surface area contributed by atoms with E-state index < -0.39 is 8.07 Å². The van der Waals surface area contributed by atoms with Crippen LogP contribution < -0.4 is 9.92 Å². The lowest BCUT2D eigenvalue weighted by atomic mass is 9.81. The Balaban J connectivity index is 1.35. The summed E-state index contributed by atoms with van der Waals surface area (Å²) in [6.45, 7) is 20.0. The van der Waals surface area contributed by atoms with Crippen LogP contribution in [-0.2, 0) is 10.8 Å². The van der Waals surface area contributed by atoms with E-state index in [9.17, 15) is 5.11 Å². The molecule has 5 nitrogen and oxygen atoms in total. The summed E-state index contributed by atoms with van der Waals surface area (Å²) in [6, 6.07) is 33.2. The van der Waals surface area contributed by atoms with Crippen molar-refractivity contribution in [3.63, 3.8) is 0 Å². The van der Waals surface area contributed by atoms with Gasteiger partial charge in [-0.1, -0.05) is 115 Å². The second-order valence-electron chi connectivity index (χ2n) is 16.9. The van der Waals surface area contributed by atoms with E-state index in [0.29, 0.717) is 23.0 Å². The predicted octanol–water partition coefficient (Wildman–Crippen LogP) is 12.7. The van der Waals surface area contributed by atoms with Crippen molar-refractivity contribution < 1.29 is 14.3 Å². The zero-order valence-electron chi connectivity index (χ0n) is 31.3. The zero-order chi connectivity index (χ0) is 36.7. The quantitative estimate of drug-likeness (QED) is 0.173. The maximum absolute atomic E-state index is 11.3. The molecule has 262 valence electrons. The van der Waals surface area contributed by atoms with E-state index in [1.165, 1.54) is 25.4 Å². The fourth-order valence-corrected chi connectivity index (χ4v) is 9.41. The SMILES string of the molecule is CC(C)(C)c1ccc(-c2ccc([Si](C)(C)C)cc2O)nc1Oc1nc(-c2cc3oc4cccc5sc(c2)c3c45)cc(C(C)(C)C)c1-c1ccccc1. The maximum Gasteiger partial charge on any atom is 0.230 e. The second kappa shape index (κ2) is 12.0. The summed E-state index contributed by atoms with van der Waals surface area (Å²) in [6.07, 6.45) is 0. The van der Waals surface area contributed by atoms with E-state index in [2.05, 4.69) is 116 Å². The van der Waals surface area contributed by atoms with Crippen LogP contribution in [0.4, 0.5) is 0 Å². The van der Waals surface area contributed by atoms with Crippen LogP contribution in [0.2, 0.25) is 19.6 Å². The van der Waals surface area contributed by atoms with Gasteiger partial charge in [-0.05, 0) is 70.5 Å². The number of ether oxygens (including phenoxy) is 1. The third-order valence-corrected chi connectivity index (χ3v) is 13.0. The zero-order valence-corrected chi connectivity index (χ0v) is 33.1. The lowest BCUT2D eigenvalue weighted by molar-refractivity contribution is 0.422. The van der Waals surface area contributed by atoms with Gasteiger partial charge in [0.15, 0.2) is 0 Å². The number of pyridine rings is 2. The number of furan rings is 1. The molecule has 0 saturated heterocycles. The Morgan fingerprint density at radius 3 is 2.04 bits per heavy atom. The highest BCUT2D eigenvalue weighted by atomic mass is 32.1. The van der Waals surface area contributed by atoms with Crippen LogP contribution in [0.25, 0.3) is 65.0 Å². The lowest BCUT2D eigenvalue weighted by Gasteiger charge is -2.27. The minimum Gasteiger partial charge on any atom is -0.507 e. The Hall–Kier alpha value is -4.98. The minimum absolute atomic E-state index is 0.223. The first-order valence-electron chi connectivity index (χ1n) is 17.9. The summed E-state index contributed by atoms with van der Waals surface area (Å²) >= 11 is 1.78. The number of phenols is 1. The van der Waals surface area contributed by atoms with E-state index in [4.69, 9.17) is 19.1 Å². The van der Waals surface area contributed by atoms with Crippen molar-refractivity contribution in [3.05, 3.63) is 108 Å². The molecule has 0 saturated carbocycles. The van der Waals surface area contributed by atoms with Crippen LogP contribution in [0.5, 0.6) is 17.5 Å². The smallest absolute Gasteiger partial charge is 0.230 e. The van der Waals surface area contributed by atoms with Crippen molar-refractivity contribution >= 4 is 55.9 Å². The monoisotopic (exact) mass is 720 g/mol. The fraction of sp³-hybridized carbons (Fsp3) is 0.244. The molecule has 52 heavy (non-hydrogen) atoms. The van der Waals surface area contributed by atoms with Gasteiger partial charge < -0.3 is 14.3 Å². The Morgan fingerprint density at radius 2 is 1.35 bits per heavy atom. The van der Waals surface area contributed by atoms with Crippen molar-refractivity contribution in [1.82, 2.24) is 9.97 Å². The molecule has 1 N–H and O–H groups in total. The molecule has 8 rings (SSSR count). The number of hydrogen-bond acceptors (Lipinski definition) is 6. The van der Waals surface area contributed by atoms with Crippen LogP contribution in [0.1, 0.15) is 52.7 Å². The van der Waals surface area contributed by atoms with Gasteiger partial charge in [-0.2, -0.15) is 0 Å². The van der Waals surface area contributed by atoms with Crippen LogP contribution in [0, 0.1) is 0 Å². The second-order valence-corrected chi connectivity index (χ2v) is 23.1. The molecule has 0 aliphatic carbocycles. The predicted molar refractivity (Wildman–Crippen MR) is 221 cm³/mol. The fourth-order valence-electron chi connectivity index (χ4n) is 7.07. The molecule has 0 radical (unpaired) electrons. The van der Waals surface area contributed by atoms with E-state index in [-0.39, 0.29) is 16.6 Å². The highest BCUT2D eigenvalue weighted by Gasteiger charge is 2.29. The number of benzene rings is 4. The highest BCUT2D eigenvalue weighted by Crippen LogP contribution is 2.47. The molecular formula is C45H44N2O3SSi. The summed E-state index contributed by atoms with van der Waals surface area (Å²) in [7, 11) is -1.62. The largest absolute Gasteiger partial charge is 0.507 e. The lowest BCUT2D eigenvalue weighted by Crippen LogP contribution is -2.37. The molecule has 7 heteroatoms.